The molecule has 0 fully saturated rings. The highest BCUT2D eigenvalue weighted by molar-refractivity contribution is 5.66. The summed E-state index contributed by atoms with van der Waals surface area (Å²) in [7, 11) is 0. The minimum absolute atomic E-state index is 0.143. The van der Waals surface area contributed by atoms with Gasteiger partial charge in [0.05, 0.1) is 0 Å². The van der Waals surface area contributed by atoms with Crippen LogP contribution in [0.2, 0.25) is 0 Å². The molecule has 4 nitrogen and oxygen atoms in total. The first-order chi connectivity index (χ1) is 10.1. The van der Waals surface area contributed by atoms with Crippen LogP contribution in [0.4, 0.5) is 0 Å². The maximum atomic E-state index is 10.5. The van der Waals surface area contributed by atoms with Gasteiger partial charge in [-0.25, -0.2) is 0 Å². The lowest BCUT2D eigenvalue weighted by Crippen LogP contribution is -2.10. The Morgan fingerprint density at radius 2 is 1.67 bits per heavy atom. The second kappa shape index (κ2) is 7.45. The van der Waals surface area contributed by atoms with Gasteiger partial charge < -0.3 is 15.6 Å². The number of ether oxygens (including phenoxy) is 1. The monoisotopic (exact) mass is 285 g/mol. The Morgan fingerprint density at radius 1 is 1.05 bits per heavy atom. The van der Waals surface area contributed by atoms with Gasteiger partial charge >= 0.3 is 5.97 Å². The van der Waals surface area contributed by atoms with Gasteiger partial charge in [0.2, 0.25) is 0 Å². The van der Waals surface area contributed by atoms with Crippen molar-refractivity contribution < 1.29 is 14.6 Å². The zero-order valence-electron chi connectivity index (χ0n) is 11.7. The van der Waals surface area contributed by atoms with E-state index in [0.29, 0.717) is 12.8 Å². The van der Waals surface area contributed by atoms with E-state index >= 15 is 0 Å². The quantitative estimate of drug-likeness (QED) is 0.813. The molecule has 21 heavy (non-hydrogen) atoms. The third-order valence-electron chi connectivity index (χ3n) is 3.19. The Bertz CT molecular complexity index is 566. The number of carboxylic acids is 1. The van der Waals surface area contributed by atoms with Crippen LogP contribution in [0, 0.1) is 0 Å². The zero-order chi connectivity index (χ0) is 15.1. The first-order valence-corrected chi connectivity index (χ1v) is 6.95. The lowest BCUT2D eigenvalue weighted by molar-refractivity contribution is -0.137. The van der Waals surface area contributed by atoms with Crippen molar-refractivity contribution in [2.75, 3.05) is 0 Å². The summed E-state index contributed by atoms with van der Waals surface area (Å²) in [5.41, 5.74) is 7.04. The van der Waals surface area contributed by atoms with Crippen LogP contribution in [0.1, 0.15) is 30.9 Å². The molecule has 0 heterocycles. The molecular formula is C17H19NO3. The van der Waals surface area contributed by atoms with E-state index in [4.69, 9.17) is 15.6 Å². The van der Waals surface area contributed by atoms with E-state index in [2.05, 4.69) is 0 Å². The average Bonchev–Trinajstić information content (AvgIpc) is 2.48. The predicted molar refractivity (Wildman–Crippen MR) is 81.4 cm³/mol. The number of carbonyl (C=O) groups is 1. The molecule has 3 N–H and O–H groups in total. The predicted octanol–water partition coefficient (Wildman–Crippen LogP) is 3.73. The van der Waals surface area contributed by atoms with Crippen molar-refractivity contribution in [2.24, 2.45) is 5.73 Å². The van der Waals surface area contributed by atoms with Crippen LogP contribution in [-0.2, 0) is 4.79 Å². The lowest BCUT2D eigenvalue weighted by atomic mass is 10.0. The van der Waals surface area contributed by atoms with Crippen LogP contribution in [-0.4, -0.2) is 11.1 Å². The summed E-state index contributed by atoms with van der Waals surface area (Å²) in [4.78, 5) is 10.5. The Balaban J connectivity index is 1.90. The fraction of sp³-hybridized carbons (Fsp3) is 0.235. The fourth-order valence-corrected chi connectivity index (χ4v) is 2.05. The first kappa shape index (κ1) is 15.1. The molecule has 0 aliphatic carbocycles. The molecule has 0 aliphatic rings. The molecule has 0 amide bonds. The minimum atomic E-state index is -0.784. The van der Waals surface area contributed by atoms with E-state index in [1.54, 1.807) is 0 Å². The largest absolute Gasteiger partial charge is 0.481 e. The molecule has 2 aromatic rings. The minimum Gasteiger partial charge on any atom is -0.481 e. The molecule has 0 radical (unpaired) electrons. The van der Waals surface area contributed by atoms with Gasteiger partial charge in [0, 0.05) is 12.5 Å². The molecule has 0 aromatic heterocycles. The summed E-state index contributed by atoms with van der Waals surface area (Å²) < 4.78 is 5.71. The Hall–Kier alpha value is -2.33. The number of nitrogens with two attached hydrogens (primary N) is 1. The van der Waals surface area contributed by atoms with Crippen molar-refractivity contribution in [1.29, 1.82) is 0 Å². The van der Waals surface area contributed by atoms with Crippen molar-refractivity contribution in [1.82, 2.24) is 0 Å². The second-order valence-electron chi connectivity index (χ2n) is 4.88. The normalized spacial score (nSPS) is 11.9. The highest BCUT2D eigenvalue weighted by atomic mass is 16.5. The van der Waals surface area contributed by atoms with Crippen LogP contribution in [0.3, 0.4) is 0 Å². The highest BCUT2D eigenvalue weighted by Gasteiger charge is 2.07. The molecule has 0 saturated heterocycles. The van der Waals surface area contributed by atoms with Crippen molar-refractivity contribution in [2.45, 2.75) is 25.3 Å². The molecule has 0 spiro atoms. The molecule has 0 bridgehead atoms. The van der Waals surface area contributed by atoms with Gasteiger partial charge in [0.25, 0.3) is 0 Å². The summed E-state index contributed by atoms with van der Waals surface area (Å²) >= 11 is 0. The van der Waals surface area contributed by atoms with Gasteiger partial charge in [0.1, 0.15) is 11.5 Å². The van der Waals surface area contributed by atoms with Crippen molar-refractivity contribution in [3.8, 4) is 11.5 Å². The summed E-state index contributed by atoms with van der Waals surface area (Å²) in [6.07, 6.45) is 1.40. The van der Waals surface area contributed by atoms with Gasteiger partial charge in [-0.2, -0.15) is 0 Å². The first-order valence-electron chi connectivity index (χ1n) is 6.95. The van der Waals surface area contributed by atoms with Crippen LogP contribution in [0.5, 0.6) is 11.5 Å². The van der Waals surface area contributed by atoms with Gasteiger partial charge in [-0.1, -0.05) is 30.3 Å². The molecule has 0 saturated carbocycles. The maximum absolute atomic E-state index is 10.5. The Labute approximate surface area is 124 Å². The molecule has 1 unspecified atom stereocenters. The van der Waals surface area contributed by atoms with E-state index in [9.17, 15) is 4.79 Å². The number of para-hydroxylation sites is 1. The fourth-order valence-electron chi connectivity index (χ4n) is 2.05. The molecule has 4 heteroatoms. The molecule has 1 atom stereocenters. The highest BCUT2D eigenvalue weighted by Crippen LogP contribution is 2.24. The number of carboxylic acid groups (broad SMARTS) is 1. The number of rotatable bonds is 7. The van der Waals surface area contributed by atoms with Crippen molar-refractivity contribution in [3.63, 3.8) is 0 Å². The third-order valence-corrected chi connectivity index (χ3v) is 3.19. The van der Waals surface area contributed by atoms with Gasteiger partial charge in [-0.3, -0.25) is 4.79 Å². The average molecular weight is 285 g/mol. The standard InChI is InChI=1S/C17H19NO3/c18-16(7-4-8-17(19)20)13-9-11-15(12-10-13)21-14-5-2-1-3-6-14/h1-3,5-6,9-12,16H,4,7-8,18H2,(H,19,20). The van der Waals surface area contributed by atoms with E-state index in [1.807, 2.05) is 54.6 Å². The smallest absolute Gasteiger partial charge is 0.303 e. The van der Waals surface area contributed by atoms with Gasteiger partial charge in [-0.15, -0.1) is 0 Å². The summed E-state index contributed by atoms with van der Waals surface area (Å²) in [5.74, 6) is 0.757. The van der Waals surface area contributed by atoms with Crippen LogP contribution in [0.15, 0.2) is 54.6 Å². The van der Waals surface area contributed by atoms with Gasteiger partial charge in [0.15, 0.2) is 0 Å². The molecule has 0 aliphatic heterocycles. The lowest BCUT2D eigenvalue weighted by Gasteiger charge is -2.12. The SMILES string of the molecule is NC(CCCC(=O)O)c1ccc(Oc2ccccc2)cc1. The summed E-state index contributed by atoms with van der Waals surface area (Å²) in [5, 5.41) is 8.62. The molecule has 2 aromatic carbocycles. The van der Waals surface area contributed by atoms with E-state index in [0.717, 1.165) is 17.1 Å². The summed E-state index contributed by atoms with van der Waals surface area (Å²) in [6.45, 7) is 0. The maximum Gasteiger partial charge on any atom is 0.303 e. The molecular weight excluding hydrogens is 266 g/mol. The van der Waals surface area contributed by atoms with Crippen molar-refractivity contribution >= 4 is 5.97 Å². The van der Waals surface area contributed by atoms with Gasteiger partial charge in [-0.05, 0) is 42.7 Å². The molecule has 110 valence electrons. The molecule has 2 rings (SSSR count). The van der Waals surface area contributed by atoms with Crippen LogP contribution >= 0.6 is 0 Å². The van der Waals surface area contributed by atoms with E-state index < -0.39 is 5.97 Å². The zero-order valence-corrected chi connectivity index (χ0v) is 11.7. The topological polar surface area (TPSA) is 72.6 Å². The number of aliphatic carboxylic acids is 1. The van der Waals surface area contributed by atoms with Crippen LogP contribution < -0.4 is 10.5 Å². The second-order valence-corrected chi connectivity index (χ2v) is 4.88. The third kappa shape index (κ3) is 4.93. The number of benzene rings is 2. The number of hydrogen-bond acceptors (Lipinski definition) is 3. The number of hydrogen-bond donors (Lipinski definition) is 2. The van der Waals surface area contributed by atoms with E-state index in [1.165, 1.54) is 0 Å². The van der Waals surface area contributed by atoms with Crippen LogP contribution in [0.25, 0.3) is 0 Å². The Morgan fingerprint density at radius 3 is 2.29 bits per heavy atom. The van der Waals surface area contributed by atoms with Crippen molar-refractivity contribution in [3.05, 3.63) is 60.2 Å². The summed E-state index contributed by atoms with van der Waals surface area (Å²) in [6, 6.07) is 17.0. The Kier molecular flexibility index (Phi) is 5.35. The van der Waals surface area contributed by atoms with E-state index in [-0.39, 0.29) is 12.5 Å².